The quantitative estimate of drug-likeness (QED) is 0.618. The van der Waals surface area contributed by atoms with E-state index in [0.29, 0.717) is 12.8 Å². The maximum atomic E-state index is 11.8. The molecular formula is C11H10N2OS. The molecule has 2 saturated heterocycles. The summed E-state index contributed by atoms with van der Waals surface area (Å²) in [6, 6.07) is 2.42. The summed E-state index contributed by atoms with van der Waals surface area (Å²) in [4.78, 5) is 13.0. The van der Waals surface area contributed by atoms with Gasteiger partial charge in [-0.3, -0.25) is 4.79 Å². The number of carbonyl (C=O) groups is 1. The molecule has 15 heavy (non-hydrogen) atoms. The van der Waals surface area contributed by atoms with Crippen LogP contribution in [0.4, 0.5) is 0 Å². The number of carbonyl (C=O) groups excluding carboxylic acids is 1. The van der Waals surface area contributed by atoms with Crippen molar-refractivity contribution in [3.63, 3.8) is 0 Å². The molecule has 0 aromatic carbocycles. The van der Waals surface area contributed by atoms with E-state index in [2.05, 4.69) is 12.1 Å². The second-order valence-electron chi connectivity index (χ2n) is 4.00. The Kier molecular flexibility index (Phi) is 1.74. The molecule has 3 rings (SSSR count). The topological polar surface area (TPSA) is 44.1 Å². The van der Waals surface area contributed by atoms with Gasteiger partial charge in [-0.2, -0.15) is 5.26 Å². The van der Waals surface area contributed by atoms with Gasteiger partial charge >= 0.3 is 0 Å². The lowest BCUT2D eigenvalue weighted by Gasteiger charge is -2.27. The van der Waals surface area contributed by atoms with Crippen molar-refractivity contribution in [2.45, 2.75) is 29.0 Å². The van der Waals surface area contributed by atoms with Crippen LogP contribution < -0.4 is 0 Å². The highest BCUT2D eigenvalue weighted by atomic mass is 32.2. The number of nitriles is 1. The summed E-state index contributed by atoms with van der Waals surface area (Å²) in [5.74, 6) is 0.122. The first-order chi connectivity index (χ1) is 7.27. The summed E-state index contributed by atoms with van der Waals surface area (Å²) in [5.41, 5.74) is 0. The van der Waals surface area contributed by atoms with E-state index in [-0.39, 0.29) is 17.2 Å². The van der Waals surface area contributed by atoms with Gasteiger partial charge in [0, 0.05) is 12.8 Å². The molecule has 2 heterocycles. The second-order valence-corrected chi connectivity index (χ2v) is 5.46. The summed E-state index contributed by atoms with van der Waals surface area (Å²) < 4.78 is 0. The van der Waals surface area contributed by atoms with Crippen molar-refractivity contribution in [1.82, 2.24) is 4.90 Å². The van der Waals surface area contributed by atoms with E-state index in [1.807, 2.05) is 18.2 Å². The lowest BCUT2D eigenvalue weighted by molar-refractivity contribution is -0.129. The molecule has 0 saturated carbocycles. The van der Waals surface area contributed by atoms with E-state index in [4.69, 9.17) is 0 Å². The van der Waals surface area contributed by atoms with Gasteiger partial charge in [-0.25, -0.2) is 0 Å². The molecule has 0 aromatic heterocycles. The van der Waals surface area contributed by atoms with Crippen molar-refractivity contribution in [3.8, 4) is 6.07 Å². The van der Waals surface area contributed by atoms with E-state index < -0.39 is 4.87 Å². The molecule has 3 aliphatic rings. The van der Waals surface area contributed by atoms with Gasteiger partial charge in [0.15, 0.2) is 4.87 Å². The number of thioether (sulfide) groups is 1. The summed E-state index contributed by atoms with van der Waals surface area (Å²) in [6.07, 6.45) is 9.25. The Labute approximate surface area is 92.4 Å². The van der Waals surface area contributed by atoms with Gasteiger partial charge in [0.2, 0.25) is 5.91 Å². The second kappa shape index (κ2) is 2.89. The third-order valence-electron chi connectivity index (χ3n) is 3.20. The third-order valence-corrected chi connectivity index (χ3v) is 4.79. The Hall–Kier alpha value is -1.21. The minimum atomic E-state index is -0.592. The van der Waals surface area contributed by atoms with E-state index in [1.165, 1.54) is 0 Å². The molecule has 4 heteroatoms. The molecule has 3 nitrogen and oxygen atoms in total. The number of hydrogen-bond acceptors (Lipinski definition) is 3. The minimum Gasteiger partial charge on any atom is -0.307 e. The van der Waals surface area contributed by atoms with Crippen LogP contribution >= 0.6 is 11.8 Å². The highest BCUT2D eigenvalue weighted by molar-refractivity contribution is 8.02. The van der Waals surface area contributed by atoms with Crippen LogP contribution in [0.1, 0.15) is 12.8 Å². The Morgan fingerprint density at radius 2 is 2.33 bits per heavy atom. The van der Waals surface area contributed by atoms with Crippen LogP contribution in [-0.2, 0) is 4.79 Å². The molecule has 0 radical (unpaired) electrons. The maximum Gasteiger partial charge on any atom is 0.225 e. The molecule has 3 atom stereocenters. The van der Waals surface area contributed by atoms with E-state index >= 15 is 0 Å². The van der Waals surface area contributed by atoms with E-state index in [9.17, 15) is 10.1 Å². The van der Waals surface area contributed by atoms with E-state index in [0.717, 1.165) is 0 Å². The van der Waals surface area contributed by atoms with Gasteiger partial charge in [0.1, 0.15) is 6.07 Å². The van der Waals surface area contributed by atoms with Crippen LogP contribution in [0.2, 0.25) is 0 Å². The molecule has 0 spiro atoms. The van der Waals surface area contributed by atoms with Crippen molar-refractivity contribution in [2.24, 2.45) is 0 Å². The largest absolute Gasteiger partial charge is 0.307 e. The van der Waals surface area contributed by atoms with Gasteiger partial charge in [-0.05, 0) is 0 Å². The van der Waals surface area contributed by atoms with Crippen LogP contribution in [0.3, 0.4) is 0 Å². The first kappa shape index (κ1) is 9.05. The zero-order valence-corrected chi connectivity index (χ0v) is 8.91. The van der Waals surface area contributed by atoms with Gasteiger partial charge in [0.25, 0.3) is 0 Å². The van der Waals surface area contributed by atoms with Crippen LogP contribution in [0.5, 0.6) is 0 Å². The van der Waals surface area contributed by atoms with Crippen LogP contribution in [0.25, 0.3) is 0 Å². The SMILES string of the molecule is N#CC12CCC(=O)N1C1C=CC=CC1S2. The lowest BCUT2D eigenvalue weighted by Crippen LogP contribution is -2.43. The smallest absolute Gasteiger partial charge is 0.225 e. The van der Waals surface area contributed by atoms with Gasteiger partial charge in [0.05, 0.1) is 11.3 Å². The normalized spacial score (nSPS) is 41.5. The predicted molar refractivity (Wildman–Crippen MR) is 57.9 cm³/mol. The Bertz CT molecular complexity index is 423. The molecule has 0 bridgehead atoms. The zero-order chi connectivity index (χ0) is 10.5. The summed E-state index contributed by atoms with van der Waals surface area (Å²) in [5, 5.41) is 9.54. The van der Waals surface area contributed by atoms with Gasteiger partial charge in [-0.15, -0.1) is 11.8 Å². The standard InChI is InChI=1S/C11H10N2OS/c12-7-11-6-5-10(14)13(11)8-3-1-2-4-9(8)15-11/h1-4,8-9H,5-6H2. The number of hydrogen-bond donors (Lipinski definition) is 0. The minimum absolute atomic E-state index is 0.0923. The summed E-state index contributed by atoms with van der Waals surface area (Å²) in [7, 11) is 0. The maximum absolute atomic E-state index is 11.8. The fourth-order valence-electron chi connectivity index (χ4n) is 2.52. The van der Waals surface area contributed by atoms with Crippen molar-refractivity contribution < 1.29 is 4.79 Å². The van der Waals surface area contributed by atoms with Crippen molar-refractivity contribution in [3.05, 3.63) is 24.3 Å². The monoisotopic (exact) mass is 218 g/mol. The molecule has 2 aliphatic heterocycles. The summed E-state index contributed by atoms with van der Waals surface area (Å²) >= 11 is 1.62. The van der Waals surface area contributed by atoms with Crippen molar-refractivity contribution in [1.29, 1.82) is 5.26 Å². The predicted octanol–water partition coefficient (Wildman–Crippen LogP) is 1.44. The number of nitrogens with zero attached hydrogens (tertiary/aromatic N) is 2. The highest BCUT2D eigenvalue weighted by Gasteiger charge is 2.57. The molecule has 76 valence electrons. The first-order valence-corrected chi connectivity index (χ1v) is 5.91. The lowest BCUT2D eigenvalue weighted by atomic mass is 10.1. The van der Waals surface area contributed by atoms with Crippen LogP contribution in [-0.4, -0.2) is 27.0 Å². The van der Waals surface area contributed by atoms with Crippen LogP contribution in [0, 0.1) is 11.3 Å². The number of rotatable bonds is 0. The highest BCUT2D eigenvalue weighted by Crippen LogP contribution is 2.52. The molecule has 3 unspecified atom stereocenters. The number of amides is 1. The van der Waals surface area contributed by atoms with E-state index in [1.54, 1.807) is 16.7 Å². The van der Waals surface area contributed by atoms with Gasteiger partial charge < -0.3 is 4.90 Å². The van der Waals surface area contributed by atoms with Crippen LogP contribution in [0.15, 0.2) is 24.3 Å². The Morgan fingerprint density at radius 3 is 3.13 bits per heavy atom. The Balaban J connectivity index is 2.06. The number of allylic oxidation sites excluding steroid dienone is 2. The molecule has 0 N–H and O–H groups in total. The Morgan fingerprint density at radius 1 is 1.53 bits per heavy atom. The van der Waals surface area contributed by atoms with Crippen molar-refractivity contribution >= 4 is 17.7 Å². The molecular weight excluding hydrogens is 208 g/mol. The van der Waals surface area contributed by atoms with Gasteiger partial charge in [-0.1, -0.05) is 24.3 Å². The molecule has 0 aromatic rings. The number of fused-ring (bicyclic) bond motifs is 3. The average molecular weight is 218 g/mol. The zero-order valence-electron chi connectivity index (χ0n) is 8.09. The molecule has 1 aliphatic carbocycles. The third kappa shape index (κ3) is 1.04. The first-order valence-electron chi connectivity index (χ1n) is 5.03. The fourth-order valence-corrected chi connectivity index (χ4v) is 4.10. The molecule has 1 amide bonds. The van der Waals surface area contributed by atoms with Crippen molar-refractivity contribution in [2.75, 3.05) is 0 Å². The summed E-state index contributed by atoms with van der Waals surface area (Å²) in [6.45, 7) is 0. The molecule has 2 fully saturated rings. The average Bonchev–Trinajstić information content (AvgIpc) is 2.75. The fraction of sp³-hybridized carbons (Fsp3) is 0.455.